The highest BCUT2D eigenvalue weighted by Crippen LogP contribution is 2.36. The third kappa shape index (κ3) is 1.46. The zero-order chi connectivity index (χ0) is 11.6. The molecule has 1 unspecified atom stereocenters. The molecule has 0 bridgehead atoms. The molecule has 0 fully saturated rings. The molecule has 1 aliphatic carbocycles. The Balaban J connectivity index is 2.44. The first kappa shape index (κ1) is 10.7. The maximum atomic E-state index is 11.3. The van der Waals surface area contributed by atoms with E-state index in [1.54, 1.807) is 6.07 Å². The normalized spacial score (nSPS) is 22.4. The summed E-state index contributed by atoms with van der Waals surface area (Å²) >= 11 is 0. The van der Waals surface area contributed by atoms with Gasteiger partial charge in [-0.05, 0) is 12.0 Å². The highest BCUT2D eigenvalue weighted by Gasteiger charge is 2.49. The van der Waals surface area contributed by atoms with Gasteiger partial charge < -0.3 is 0 Å². The zero-order valence-corrected chi connectivity index (χ0v) is 8.77. The van der Waals surface area contributed by atoms with Crippen molar-refractivity contribution in [2.75, 3.05) is 6.54 Å². The lowest BCUT2D eigenvalue weighted by atomic mass is 10.0. The quantitative estimate of drug-likeness (QED) is 0.358. The largest absolute Gasteiger partial charge is 0.302 e. The van der Waals surface area contributed by atoms with Gasteiger partial charge in [-0.2, -0.15) is 0 Å². The summed E-state index contributed by atoms with van der Waals surface area (Å²) in [4.78, 5) is 11.0. The Bertz CT molecular complexity index is 464. The molecule has 0 aromatic heterocycles. The van der Waals surface area contributed by atoms with Crippen LogP contribution in [0.4, 0.5) is 0 Å². The summed E-state index contributed by atoms with van der Waals surface area (Å²) in [5.74, 6) is 2.39. The van der Waals surface area contributed by atoms with Gasteiger partial charge in [0.2, 0.25) is 0 Å². The lowest BCUT2D eigenvalue weighted by Gasteiger charge is -2.21. The summed E-state index contributed by atoms with van der Waals surface area (Å²) in [5.41, 5.74) is 0.585. The van der Waals surface area contributed by atoms with Gasteiger partial charge >= 0.3 is 5.66 Å². The van der Waals surface area contributed by atoms with Crippen molar-refractivity contribution in [3.05, 3.63) is 45.5 Å². The van der Waals surface area contributed by atoms with E-state index in [1.807, 2.05) is 18.2 Å². The summed E-state index contributed by atoms with van der Waals surface area (Å²) in [6.07, 6.45) is 6.33. The predicted octanol–water partition coefficient (Wildman–Crippen LogP) is 1.29. The van der Waals surface area contributed by atoms with Crippen LogP contribution in [0.5, 0.6) is 0 Å². The first-order chi connectivity index (χ1) is 7.70. The Morgan fingerprint density at radius 1 is 1.56 bits per heavy atom. The number of nitrogens with zero attached hydrogens (tertiary/aromatic N) is 1. The van der Waals surface area contributed by atoms with Crippen LogP contribution in [-0.2, 0) is 12.1 Å². The van der Waals surface area contributed by atoms with Crippen LogP contribution in [0.2, 0.25) is 0 Å². The summed E-state index contributed by atoms with van der Waals surface area (Å²) < 4.78 is 0. The van der Waals surface area contributed by atoms with Crippen molar-refractivity contribution in [1.82, 2.24) is 5.32 Å². The standard InChI is InChI=1S/C12H12N2O2/c1-2-9-13-12(14(15)16)8-7-10-5-3-4-6-11(10)12/h1,3-6,13H,7-9H2. The number of nitrogens with one attached hydrogen (secondary N) is 1. The highest BCUT2D eigenvalue weighted by atomic mass is 16.6. The lowest BCUT2D eigenvalue weighted by Crippen LogP contribution is -2.47. The number of hydrogen-bond acceptors (Lipinski definition) is 3. The Kier molecular flexibility index (Phi) is 2.63. The van der Waals surface area contributed by atoms with E-state index in [1.165, 1.54) is 0 Å². The second-order valence-electron chi connectivity index (χ2n) is 3.83. The number of fused-ring (bicyclic) bond motifs is 1. The van der Waals surface area contributed by atoms with Crippen molar-refractivity contribution >= 4 is 0 Å². The average molecular weight is 216 g/mol. The van der Waals surface area contributed by atoms with E-state index < -0.39 is 5.66 Å². The molecule has 4 nitrogen and oxygen atoms in total. The molecule has 0 amide bonds. The van der Waals surface area contributed by atoms with E-state index >= 15 is 0 Å². The highest BCUT2D eigenvalue weighted by molar-refractivity contribution is 5.36. The Labute approximate surface area is 93.8 Å². The maximum Gasteiger partial charge on any atom is 0.302 e. The molecule has 82 valence electrons. The minimum Gasteiger partial charge on any atom is -0.262 e. The molecule has 0 aliphatic heterocycles. The van der Waals surface area contributed by atoms with E-state index in [0.717, 1.165) is 11.1 Å². The SMILES string of the molecule is C#CCNC1([N+](=O)[O-])CCc2ccccc21. The Hall–Kier alpha value is -1.86. The van der Waals surface area contributed by atoms with Crippen molar-refractivity contribution in [3.8, 4) is 12.3 Å². The van der Waals surface area contributed by atoms with Gasteiger partial charge in [-0.1, -0.05) is 30.2 Å². The lowest BCUT2D eigenvalue weighted by molar-refractivity contribution is -0.587. The van der Waals surface area contributed by atoms with E-state index in [4.69, 9.17) is 6.42 Å². The van der Waals surface area contributed by atoms with Gasteiger partial charge in [-0.3, -0.25) is 10.1 Å². The molecule has 1 aromatic rings. The fourth-order valence-corrected chi connectivity index (χ4v) is 2.23. The number of nitro groups is 1. The van der Waals surface area contributed by atoms with Crippen LogP contribution >= 0.6 is 0 Å². The van der Waals surface area contributed by atoms with Crippen LogP contribution in [0.15, 0.2) is 24.3 Å². The molecule has 1 atom stereocenters. The number of hydrogen-bond donors (Lipinski definition) is 1. The molecule has 4 heteroatoms. The first-order valence-corrected chi connectivity index (χ1v) is 5.12. The molecule has 1 aliphatic rings. The molecule has 1 aromatic carbocycles. The number of rotatable bonds is 3. The molecule has 0 spiro atoms. The van der Waals surface area contributed by atoms with Crippen LogP contribution < -0.4 is 5.32 Å². The van der Waals surface area contributed by atoms with E-state index in [9.17, 15) is 10.1 Å². The molecule has 0 heterocycles. The second kappa shape index (κ2) is 3.95. The molecular formula is C12H12N2O2. The van der Waals surface area contributed by atoms with Crippen molar-refractivity contribution < 1.29 is 4.92 Å². The third-order valence-corrected chi connectivity index (χ3v) is 3.01. The van der Waals surface area contributed by atoms with Gasteiger partial charge in [0, 0.05) is 16.9 Å². The van der Waals surface area contributed by atoms with Gasteiger partial charge in [0.05, 0.1) is 6.54 Å². The minimum atomic E-state index is -1.19. The number of aryl methyl sites for hydroxylation is 1. The van der Waals surface area contributed by atoms with Gasteiger partial charge in [0.15, 0.2) is 0 Å². The van der Waals surface area contributed by atoms with Crippen molar-refractivity contribution in [2.45, 2.75) is 18.5 Å². The van der Waals surface area contributed by atoms with Crippen LogP contribution in [0.3, 0.4) is 0 Å². The minimum absolute atomic E-state index is 0.204. The average Bonchev–Trinajstić information content (AvgIpc) is 2.67. The van der Waals surface area contributed by atoms with Crippen LogP contribution in [-0.4, -0.2) is 11.5 Å². The number of benzene rings is 1. The summed E-state index contributed by atoms with van der Waals surface area (Å²) in [5, 5.41) is 14.1. The van der Waals surface area contributed by atoms with Crippen molar-refractivity contribution in [2.24, 2.45) is 0 Å². The molecule has 0 saturated heterocycles. The van der Waals surface area contributed by atoms with Gasteiger partial charge in [-0.15, -0.1) is 6.42 Å². The summed E-state index contributed by atoms with van der Waals surface area (Å²) in [6.45, 7) is 0.204. The smallest absolute Gasteiger partial charge is 0.262 e. The molecule has 0 saturated carbocycles. The number of terminal acetylenes is 1. The zero-order valence-electron chi connectivity index (χ0n) is 8.77. The summed E-state index contributed by atoms with van der Waals surface area (Å²) in [6, 6.07) is 7.45. The monoisotopic (exact) mass is 216 g/mol. The van der Waals surface area contributed by atoms with Gasteiger partial charge in [-0.25, -0.2) is 5.32 Å². The van der Waals surface area contributed by atoms with Gasteiger partial charge in [0.25, 0.3) is 0 Å². The van der Waals surface area contributed by atoms with E-state index in [2.05, 4.69) is 11.2 Å². The van der Waals surface area contributed by atoms with Gasteiger partial charge in [0.1, 0.15) is 0 Å². The predicted molar refractivity (Wildman–Crippen MR) is 60.3 cm³/mol. The Morgan fingerprint density at radius 3 is 3.00 bits per heavy atom. The first-order valence-electron chi connectivity index (χ1n) is 5.12. The fourth-order valence-electron chi connectivity index (χ4n) is 2.23. The second-order valence-corrected chi connectivity index (χ2v) is 3.83. The van der Waals surface area contributed by atoms with E-state index in [-0.39, 0.29) is 11.5 Å². The Morgan fingerprint density at radius 2 is 2.31 bits per heavy atom. The van der Waals surface area contributed by atoms with Crippen LogP contribution in [0, 0.1) is 22.5 Å². The molecule has 2 rings (SSSR count). The van der Waals surface area contributed by atoms with Crippen LogP contribution in [0.1, 0.15) is 17.5 Å². The molecular weight excluding hydrogens is 204 g/mol. The fraction of sp³-hybridized carbons (Fsp3) is 0.333. The molecule has 16 heavy (non-hydrogen) atoms. The third-order valence-electron chi connectivity index (χ3n) is 3.01. The van der Waals surface area contributed by atoms with Crippen molar-refractivity contribution in [3.63, 3.8) is 0 Å². The maximum absolute atomic E-state index is 11.3. The topological polar surface area (TPSA) is 55.2 Å². The summed E-state index contributed by atoms with van der Waals surface area (Å²) in [7, 11) is 0. The van der Waals surface area contributed by atoms with Crippen LogP contribution in [0.25, 0.3) is 0 Å². The molecule has 1 N–H and O–H groups in total. The molecule has 0 radical (unpaired) electrons. The van der Waals surface area contributed by atoms with E-state index in [0.29, 0.717) is 12.8 Å². The van der Waals surface area contributed by atoms with Crippen molar-refractivity contribution in [1.29, 1.82) is 0 Å².